The zero-order valence-electron chi connectivity index (χ0n) is 16.7. The van der Waals surface area contributed by atoms with Crippen LogP contribution in [0.2, 0.25) is 0 Å². The van der Waals surface area contributed by atoms with E-state index in [4.69, 9.17) is 8.83 Å². The Balaban J connectivity index is 1.36. The summed E-state index contributed by atoms with van der Waals surface area (Å²) in [4.78, 5) is 51.6. The largest absolute Gasteiger partial charge is 0.461 e. The average Bonchev–Trinajstić information content (AvgIpc) is 3.52. The van der Waals surface area contributed by atoms with Crippen LogP contribution >= 0.6 is 0 Å². The van der Waals surface area contributed by atoms with Crippen LogP contribution in [0.1, 0.15) is 43.5 Å². The third-order valence-electron chi connectivity index (χ3n) is 5.25. The lowest BCUT2D eigenvalue weighted by Crippen LogP contribution is -2.33. The first kappa shape index (κ1) is 19.5. The summed E-state index contributed by atoms with van der Waals surface area (Å²) in [6.07, 6.45) is 1.23. The summed E-state index contributed by atoms with van der Waals surface area (Å²) in [5.74, 6) is -1.83. The SMILES string of the molecule is O=C(CCN1C(=O)c2ccccc2C1=O)Nc1c(C(=O)c2ccco2)oc2ccccc12. The van der Waals surface area contributed by atoms with Crippen molar-refractivity contribution in [2.45, 2.75) is 6.42 Å². The molecular formula is C24H16N2O6. The number of carbonyl (C=O) groups excluding carboxylic acids is 4. The maximum atomic E-state index is 12.8. The smallest absolute Gasteiger partial charge is 0.265 e. The van der Waals surface area contributed by atoms with Gasteiger partial charge in [-0.1, -0.05) is 24.3 Å². The number of rotatable bonds is 6. The van der Waals surface area contributed by atoms with Gasteiger partial charge in [0.25, 0.3) is 17.6 Å². The van der Waals surface area contributed by atoms with Gasteiger partial charge < -0.3 is 14.2 Å². The van der Waals surface area contributed by atoms with E-state index in [0.717, 1.165) is 4.90 Å². The lowest BCUT2D eigenvalue weighted by atomic mass is 10.1. The van der Waals surface area contributed by atoms with E-state index in [-0.39, 0.29) is 30.2 Å². The lowest BCUT2D eigenvalue weighted by molar-refractivity contribution is -0.116. The summed E-state index contributed by atoms with van der Waals surface area (Å²) < 4.78 is 10.9. The number of hydrogen-bond acceptors (Lipinski definition) is 6. The Labute approximate surface area is 181 Å². The maximum absolute atomic E-state index is 12.8. The predicted molar refractivity (Wildman–Crippen MR) is 113 cm³/mol. The molecule has 0 fully saturated rings. The molecule has 0 saturated carbocycles. The van der Waals surface area contributed by atoms with Gasteiger partial charge in [0.2, 0.25) is 11.7 Å². The van der Waals surface area contributed by atoms with Gasteiger partial charge in [0.15, 0.2) is 5.76 Å². The average molecular weight is 428 g/mol. The minimum absolute atomic E-state index is 0.0600. The van der Waals surface area contributed by atoms with E-state index < -0.39 is 23.5 Å². The second-order valence-corrected chi connectivity index (χ2v) is 7.21. The van der Waals surface area contributed by atoms with Crippen molar-refractivity contribution in [3.05, 3.63) is 89.6 Å². The first-order valence-corrected chi connectivity index (χ1v) is 9.89. The molecular weight excluding hydrogens is 412 g/mol. The highest BCUT2D eigenvalue weighted by Crippen LogP contribution is 2.33. The van der Waals surface area contributed by atoms with Gasteiger partial charge in [-0.25, -0.2) is 0 Å². The zero-order valence-corrected chi connectivity index (χ0v) is 16.7. The highest BCUT2D eigenvalue weighted by Gasteiger charge is 2.35. The van der Waals surface area contributed by atoms with Gasteiger partial charge in [-0.3, -0.25) is 24.1 Å². The van der Waals surface area contributed by atoms with Crippen LogP contribution in [0.3, 0.4) is 0 Å². The standard InChI is InChI=1S/C24H16N2O6/c27-19(11-12-26-23(29)14-6-1-2-7-15(14)24(26)30)25-20-16-8-3-4-9-17(16)32-22(20)21(28)18-10-5-13-31-18/h1-10,13H,11-12H2,(H,25,27). The molecule has 158 valence electrons. The number of para-hydroxylation sites is 1. The summed E-state index contributed by atoms with van der Waals surface area (Å²) >= 11 is 0. The highest BCUT2D eigenvalue weighted by atomic mass is 16.4. The molecule has 5 rings (SSSR count). The molecule has 1 aliphatic heterocycles. The molecule has 3 amide bonds. The summed E-state index contributed by atoms with van der Waals surface area (Å²) in [7, 11) is 0. The Hall–Kier alpha value is -4.46. The van der Waals surface area contributed by atoms with Gasteiger partial charge in [0.05, 0.1) is 23.1 Å². The number of nitrogens with one attached hydrogen (secondary N) is 1. The molecule has 8 heteroatoms. The van der Waals surface area contributed by atoms with E-state index in [2.05, 4.69) is 5.32 Å². The van der Waals surface area contributed by atoms with Crippen molar-refractivity contribution in [2.24, 2.45) is 0 Å². The fraction of sp³-hybridized carbons (Fsp3) is 0.0833. The summed E-state index contributed by atoms with van der Waals surface area (Å²) in [5.41, 5.74) is 1.29. The Morgan fingerprint density at radius 2 is 1.56 bits per heavy atom. The number of amides is 3. The molecule has 8 nitrogen and oxygen atoms in total. The fourth-order valence-electron chi connectivity index (χ4n) is 3.71. The number of furan rings is 2. The predicted octanol–water partition coefficient (Wildman–Crippen LogP) is 3.88. The Bertz CT molecular complexity index is 1350. The normalized spacial score (nSPS) is 12.9. The molecule has 0 atom stereocenters. The van der Waals surface area contributed by atoms with Gasteiger partial charge in [-0.2, -0.15) is 0 Å². The number of hydrogen-bond donors (Lipinski definition) is 1. The van der Waals surface area contributed by atoms with Crippen LogP contribution in [-0.2, 0) is 4.79 Å². The first-order chi connectivity index (χ1) is 15.5. The quantitative estimate of drug-likeness (QED) is 0.369. The van der Waals surface area contributed by atoms with Crippen molar-refractivity contribution < 1.29 is 28.0 Å². The molecule has 2 aromatic carbocycles. The van der Waals surface area contributed by atoms with Crippen LogP contribution in [0.15, 0.2) is 75.8 Å². The number of benzene rings is 2. The zero-order chi connectivity index (χ0) is 22.2. The van der Waals surface area contributed by atoms with Crippen LogP contribution in [-0.4, -0.2) is 34.9 Å². The summed E-state index contributed by atoms with van der Waals surface area (Å²) in [6.45, 7) is -0.0879. The molecule has 32 heavy (non-hydrogen) atoms. The second kappa shape index (κ2) is 7.66. The van der Waals surface area contributed by atoms with Crippen molar-refractivity contribution in [1.82, 2.24) is 4.90 Å². The monoisotopic (exact) mass is 428 g/mol. The van der Waals surface area contributed by atoms with Crippen LogP contribution < -0.4 is 5.32 Å². The molecule has 0 radical (unpaired) electrons. The lowest BCUT2D eigenvalue weighted by Gasteiger charge is -2.13. The Morgan fingerprint density at radius 1 is 0.875 bits per heavy atom. The van der Waals surface area contributed by atoms with E-state index in [9.17, 15) is 19.2 Å². The van der Waals surface area contributed by atoms with E-state index in [1.54, 1.807) is 54.6 Å². The third-order valence-corrected chi connectivity index (χ3v) is 5.25. The molecule has 3 heterocycles. The van der Waals surface area contributed by atoms with Gasteiger partial charge in [0, 0.05) is 18.4 Å². The van der Waals surface area contributed by atoms with Gasteiger partial charge in [0.1, 0.15) is 5.58 Å². The first-order valence-electron chi connectivity index (χ1n) is 9.89. The van der Waals surface area contributed by atoms with Crippen molar-refractivity contribution in [3.63, 3.8) is 0 Å². The number of fused-ring (bicyclic) bond motifs is 2. The third kappa shape index (κ3) is 3.18. The van der Waals surface area contributed by atoms with Crippen LogP contribution in [0.5, 0.6) is 0 Å². The van der Waals surface area contributed by atoms with Gasteiger partial charge in [-0.15, -0.1) is 0 Å². The van der Waals surface area contributed by atoms with Crippen molar-refractivity contribution in [1.29, 1.82) is 0 Å². The number of imide groups is 1. The van der Waals surface area contributed by atoms with Crippen molar-refractivity contribution in [2.75, 3.05) is 11.9 Å². The highest BCUT2D eigenvalue weighted by molar-refractivity contribution is 6.21. The van der Waals surface area contributed by atoms with E-state index in [1.165, 1.54) is 12.3 Å². The second-order valence-electron chi connectivity index (χ2n) is 7.21. The molecule has 0 saturated heterocycles. The van der Waals surface area contributed by atoms with Gasteiger partial charge in [-0.05, 0) is 36.4 Å². The van der Waals surface area contributed by atoms with E-state index in [1.807, 2.05) is 0 Å². The maximum Gasteiger partial charge on any atom is 0.265 e. The van der Waals surface area contributed by atoms with Crippen molar-refractivity contribution in [3.8, 4) is 0 Å². The Morgan fingerprint density at radius 3 is 2.25 bits per heavy atom. The minimum Gasteiger partial charge on any atom is -0.461 e. The summed E-state index contributed by atoms with van der Waals surface area (Å²) in [6, 6.07) is 16.5. The number of carbonyl (C=O) groups is 4. The molecule has 4 aromatic rings. The Kier molecular flexibility index (Phi) is 4.67. The molecule has 0 aliphatic carbocycles. The number of nitrogens with zero attached hydrogens (tertiary/aromatic N) is 1. The molecule has 0 bridgehead atoms. The summed E-state index contributed by atoms with van der Waals surface area (Å²) in [5, 5.41) is 3.26. The fourth-order valence-corrected chi connectivity index (χ4v) is 3.71. The van der Waals surface area contributed by atoms with Crippen LogP contribution in [0.4, 0.5) is 5.69 Å². The topological polar surface area (TPSA) is 110 Å². The molecule has 1 N–H and O–H groups in total. The number of anilines is 1. The molecule has 0 spiro atoms. The minimum atomic E-state index is -0.512. The van der Waals surface area contributed by atoms with Gasteiger partial charge >= 0.3 is 0 Å². The number of ketones is 1. The van der Waals surface area contributed by atoms with Crippen LogP contribution in [0.25, 0.3) is 11.0 Å². The molecule has 0 unspecified atom stereocenters. The van der Waals surface area contributed by atoms with E-state index >= 15 is 0 Å². The molecule has 2 aromatic heterocycles. The van der Waals surface area contributed by atoms with Crippen LogP contribution in [0, 0.1) is 0 Å². The molecule has 1 aliphatic rings. The van der Waals surface area contributed by atoms with E-state index in [0.29, 0.717) is 22.1 Å². The van der Waals surface area contributed by atoms with Crippen molar-refractivity contribution >= 4 is 40.2 Å².